The predicted molar refractivity (Wildman–Crippen MR) is 76.8 cm³/mol. The Labute approximate surface area is 118 Å². The first-order valence-electron chi connectivity index (χ1n) is 6.96. The predicted octanol–water partition coefficient (Wildman–Crippen LogP) is 3.15. The summed E-state index contributed by atoms with van der Waals surface area (Å²) in [5.74, 6) is 0.350. The zero-order chi connectivity index (χ0) is 14.1. The van der Waals surface area contributed by atoms with Gasteiger partial charge in [0.05, 0.1) is 5.69 Å². The van der Waals surface area contributed by atoms with Gasteiger partial charge in [0, 0.05) is 23.8 Å². The summed E-state index contributed by atoms with van der Waals surface area (Å²) in [6, 6.07) is 7.35. The molecule has 1 fully saturated rings. The molecule has 0 amide bonds. The van der Waals surface area contributed by atoms with E-state index in [1.165, 1.54) is 25.0 Å². The van der Waals surface area contributed by atoms with Crippen LogP contribution >= 0.6 is 0 Å². The lowest BCUT2D eigenvalue weighted by Crippen LogP contribution is -2.16. The molecule has 0 aliphatic heterocycles. The van der Waals surface area contributed by atoms with Crippen molar-refractivity contribution in [2.45, 2.75) is 39.3 Å². The second-order valence-electron chi connectivity index (χ2n) is 5.44. The fraction of sp³-hybridized carbons (Fsp3) is 0.375. The molecule has 0 radical (unpaired) electrons. The number of hydrogen-bond acceptors (Lipinski definition) is 3. The molecule has 3 nitrogen and oxygen atoms in total. The molecular weight excluding hydrogens is 253 g/mol. The molecule has 1 saturated carbocycles. The van der Waals surface area contributed by atoms with Crippen LogP contribution in [0.2, 0.25) is 0 Å². The van der Waals surface area contributed by atoms with Gasteiger partial charge < -0.3 is 5.32 Å². The van der Waals surface area contributed by atoms with Gasteiger partial charge in [-0.1, -0.05) is 6.07 Å². The molecule has 0 spiro atoms. The minimum atomic E-state index is -0.256. The Morgan fingerprint density at radius 3 is 2.75 bits per heavy atom. The van der Waals surface area contributed by atoms with Crippen molar-refractivity contribution in [2.75, 3.05) is 0 Å². The van der Waals surface area contributed by atoms with E-state index in [0.717, 1.165) is 29.1 Å². The van der Waals surface area contributed by atoms with Gasteiger partial charge >= 0.3 is 0 Å². The Morgan fingerprint density at radius 1 is 1.20 bits per heavy atom. The van der Waals surface area contributed by atoms with E-state index in [2.05, 4.69) is 15.3 Å². The Balaban J connectivity index is 1.93. The quantitative estimate of drug-likeness (QED) is 0.928. The maximum absolute atomic E-state index is 13.4. The molecular formula is C16H18FN3. The summed E-state index contributed by atoms with van der Waals surface area (Å²) in [4.78, 5) is 9.01. The van der Waals surface area contributed by atoms with Gasteiger partial charge in [0.25, 0.3) is 0 Å². The SMILES string of the molecule is Cc1cc(CNC2CC2)nc(-c2cc(F)ccc2C)n1. The molecule has 1 aliphatic carbocycles. The van der Waals surface area contributed by atoms with E-state index in [0.29, 0.717) is 11.9 Å². The van der Waals surface area contributed by atoms with E-state index in [-0.39, 0.29) is 5.82 Å². The topological polar surface area (TPSA) is 37.8 Å². The molecule has 1 N–H and O–H groups in total. The van der Waals surface area contributed by atoms with E-state index in [1.807, 2.05) is 19.9 Å². The maximum atomic E-state index is 13.4. The minimum absolute atomic E-state index is 0.256. The third-order valence-electron chi connectivity index (χ3n) is 3.50. The van der Waals surface area contributed by atoms with E-state index in [9.17, 15) is 4.39 Å². The zero-order valence-corrected chi connectivity index (χ0v) is 11.8. The van der Waals surface area contributed by atoms with Crippen LogP contribution in [-0.4, -0.2) is 16.0 Å². The number of nitrogens with one attached hydrogen (secondary N) is 1. The van der Waals surface area contributed by atoms with Crippen LogP contribution in [0, 0.1) is 19.7 Å². The first-order chi connectivity index (χ1) is 9.61. The van der Waals surface area contributed by atoms with E-state index in [1.54, 1.807) is 6.07 Å². The second-order valence-corrected chi connectivity index (χ2v) is 5.44. The summed E-state index contributed by atoms with van der Waals surface area (Å²) in [5, 5.41) is 3.44. The fourth-order valence-electron chi connectivity index (χ4n) is 2.22. The van der Waals surface area contributed by atoms with Crippen molar-refractivity contribution >= 4 is 0 Å². The summed E-state index contributed by atoms with van der Waals surface area (Å²) in [5.41, 5.74) is 3.62. The van der Waals surface area contributed by atoms with Gasteiger partial charge in [0.1, 0.15) is 5.82 Å². The molecule has 0 bridgehead atoms. The van der Waals surface area contributed by atoms with Gasteiger partial charge in [-0.05, 0) is 50.5 Å². The molecule has 1 aromatic carbocycles. The Kier molecular flexibility index (Phi) is 3.49. The number of hydrogen-bond donors (Lipinski definition) is 1. The highest BCUT2D eigenvalue weighted by Gasteiger charge is 2.20. The van der Waals surface area contributed by atoms with Crippen LogP contribution in [0.25, 0.3) is 11.4 Å². The number of rotatable bonds is 4. The van der Waals surface area contributed by atoms with Gasteiger partial charge in [0.15, 0.2) is 5.82 Å². The van der Waals surface area contributed by atoms with Crippen molar-refractivity contribution in [1.29, 1.82) is 0 Å². The summed E-state index contributed by atoms with van der Waals surface area (Å²) in [6.07, 6.45) is 2.50. The third-order valence-corrected chi connectivity index (χ3v) is 3.50. The van der Waals surface area contributed by atoms with Crippen molar-refractivity contribution in [1.82, 2.24) is 15.3 Å². The van der Waals surface area contributed by atoms with E-state index < -0.39 is 0 Å². The number of benzene rings is 1. The molecule has 20 heavy (non-hydrogen) atoms. The van der Waals surface area contributed by atoms with Crippen molar-refractivity contribution in [3.05, 3.63) is 47.0 Å². The molecule has 0 unspecified atom stereocenters. The van der Waals surface area contributed by atoms with Crippen molar-refractivity contribution < 1.29 is 4.39 Å². The molecule has 0 atom stereocenters. The summed E-state index contributed by atoms with van der Waals surface area (Å²) >= 11 is 0. The van der Waals surface area contributed by atoms with Crippen LogP contribution in [0.4, 0.5) is 4.39 Å². The molecule has 1 aromatic heterocycles. The lowest BCUT2D eigenvalue weighted by atomic mass is 10.1. The highest BCUT2D eigenvalue weighted by atomic mass is 19.1. The molecule has 4 heteroatoms. The zero-order valence-electron chi connectivity index (χ0n) is 11.8. The largest absolute Gasteiger partial charge is 0.308 e. The van der Waals surface area contributed by atoms with Crippen LogP contribution in [-0.2, 0) is 6.54 Å². The van der Waals surface area contributed by atoms with Gasteiger partial charge in [-0.15, -0.1) is 0 Å². The Morgan fingerprint density at radius 2 is 2.00 bits per heavy atom. The van der Waals surface area contributed by atoms with Crippen molar-refractivity contribution in [2.24, 2.45) is 0 Å². The van der Waals surface area contributed by atoms with E-state index >= 15 is 0 Å². The average Bonchev–Trinajstić information content (AvgIpc) is 3.23. The van der Waals surface area contributed by atoms with E-state index in [4.69, 9.17) is 0 Å². The summed E-state index contributed by atoms with van der Waals surface area (Å²) in [6.45, 7) is 4.64. The van der Waals surface area contributed by atoms with Gasteiger partial charge in [-0.2, -0.15) is 0 Å². The first-order valence-corrected chi connectivity index (χ1v) is 6.96. The third kappa shape index (κ3) is 3.02. The fourth-order valence-corrected chi connectivity index (χ4v) is 2.22. The summed E-state index contributed by atoms with van der Waals surface area (Å²) < 4.78 is 13.4. The molecule has 2 aromatic rings. The normalized spacial score (nSPS) is 14.6. The lowest BCUT2D eigenvalue weighted by molar-refractivity contribution is 0.627. The average molecular weight is 271 g/mol. The molecule has 0 saturated heterocycles. The number of aryl methyl sites for hydroxylation is 2. The van der Waals surface area contributed by atoms with Gasteiger partial charge in [0.2, 0.25) is 0 Å². The number of halogens is 1. The highest BCUT2D eigenvalue weighted by Crippen LogP contribution is 2.22. The standard InChI is InChI=1S/C16H18FN3/c1-10-3-4-12(17)8-15(10)16-19-11(2)7-14(20-16)9-18-13-5-6-13/h3-4,7-8,13,18H,5-6,9H2,1-2H3. The minimum Gasteiger partial charge on any atom is -0.308 e. The molecule has 1 aliphatic rings. The van der Waals surface area contributed by atoms with Crippen LogP contribution in [0.3, 0.4) is 0 Å². The highest BCUT2D eigenvalue weighted by molar-refractivity contribution is 5.60. The Bertz CT molecular complexity index is 636. The molecule has 1 heterocycles. The van der Waals surface area contributed by atoms with Crippen LogP contribution < -0.4 is 5.32 Å². The van der Waals surface area contributed by atoms with Gasteiger partial charge in [-0.3, -0.25) is 0 Å². The maximum Gasteiger partial charge on any atom is 0.160 e. The van der Waals surface area contributed by atoms with Crippen molar-refractivity contribution in [3.63, 3.8) is 0 Å². The van der Waals surface area contributed by atoms with Gasteiger partial charge in [-0.25, -0.2) is 14.4 Å². The van der Waals surface area contributed by atoms with Crippen molar-refractivity contribution in [3.8, 4) is 11.4 Å². The monoisotopic (exact) mass is 271 g/mol. The van der Waals surface area contributed by atoms with Crippen LogP contribution in [0.1, 0.15) is 29.8 Å². The number of aromatic nitrogens is 2. The Hall–Kier alpha value is -1.81. The molecule has 104 valence electrons. The smallest absolute Gasteiger partial charge is 0.160 e. The molecule has 3 rings (SSSR count). The summed E-state index contributed by atoms with van der Waals surface area (Å²) in [7, 11) is 0. The lowest BCUT2D eigenvalue weighted by Gasteiger charge is -2.09. The second kappa shape index (κ2) is 5.29. The first kappa shape index (κ1) is 13.2. The number of nitrogens with zero attached hydrogens (tertiary/aromatic N) is 2. The van der Waals surface area contributed by atoms with Crippen LogP contribution in [0.15, 0.2) is 24.3 Å². The van der Waals surface area contributed by atoms with Crippen LogP contribution in [0.5, 0.6) is 0 Å².